The van der Waals surface area contributed by atoms with E-state index < -0.39 is 0 Å². The lowest BCUT2D eigenvalue weighted by molar-refractivity contribution is 0.0696. The minimum Gasteiger partial charge on any atom is -0.445 e. The summed E-state index contributed by atoms with van der Waals surface area (Å²) in [7, 11) is 0. The Morgan fingerprint density at radius 2 is 2.06 bits per heavy atom. The van der Waals surface area contributed by atoms with Crippen LogP contribution in [-0.4, -0.2) is 23.7 Å². The zero-order chi connectivity index (χ0) is 13.0. The monoisotopic (exact) mass is 249 g/mol. The van der Waals surface area contributed by atoms with Crippen molar-refractivity contribution in [3.63, 3.8) is 0 Å². The molecule has 5 heteroatoms. The Bertz CT molecular complexity index is 405. The van der Waals surface area contributed by atoms with Gasteiger partial charge in [0.25, 0.3) is 0 Å². The third-order valence-electron chi connectivity index (χ3n) is 3.13. The Hall–Kier alpha value is -1.75. The number of carbonyl (C=O) groups is 1. The highest BCUT2D eigenvalue weighted by molar-refractivity contribution is 5.68. The number of nitrogens with zero attached hydrogens (tertiary/aromatic N) is 1. The predicted octanol–water partition coefficient (Wildman–Crippen LogP) is 1.68. The van der Waals surface area contributed by atoms with Crippen LogP contribution in [-0.2, 0) is 11.3 Å². The van der Waals surface area contributed by atoms with Gasteiger partial charge in [0.1, 0.15) is 6.61 Å². The number of amides is 1. The molecule has 1 amide bonds. The summed E-state index contributed by atoms with van der Waals surface area (Å²) in [4.78, 5) is 13.4. The van der Waals surface area contributed by atoms with Gasteiger partial charge in [-0.3, -0.25) is 4.90 Å². The van der Waals surface area contributed by atoms with E-state index in [4.69, 9.17) is 16.2 Å². The zero-order valence-corrected chi connectivity index (χ0v) is 10.3. The second kappa shape index (κ2) is 5.73. The van der Waals surface area contributed by atoms with Gasteiger partial charge in [0, 0.05) is 12.2 Å². The van der Waals surface area contributed by atoms with Gasteiger partial charge < -0.3 is 16.2 Å². The molecule has 0 bridgehead atoms. The summed E-state index contributed by atoms with van der Waals surface area (Å²) in [5.74, 6) is 0. The van der Waals surface area contributed by atoms with Gasteiger partial charge in [-0.15, -0.1) is 0 Å². The minimum absolute atomic E-state index is 0.210. The number of hydrogen-bond donors (Lipinski definition) is 2. The van der Waals surface area contributed by atoms with Gasteiger partial charge in [-0.1, -0.05) is 12.1 Å². The Kier molecular flexibility index (Phi) is 4.04. The molecule has 0 aliphatic carbocycles. The lowest BCUT2D eigenvalue weighted by atomic mass is 10.1. The van der Waals surface area contributed by atoms with Crippen molar-refractivity contribution in [1.29, 1.82) is 0 Å². The summed E-state index contributed by atoms with van der Waals surface area (Å²) in [5, 5.41) is 0. The van der Waals surface area contributed by atoms with Crippen molar-refractivity contribution >= 4 is 11.8 Å². The molecule has 18 heavy (non-hydrogen) atoms. The van der Waals surface area contributed by atoms with E-state index in [-0.39, 0.29) is 18.9 Å². The number of likely N-dealkylation sites (tertiary alicyclic amines) is 1. The Morgan fingerprint density at radius 1 is 1.33 bits per heavy atom. The first-order valence-corrected chi connectivity index (χ1v) is 6.20. The van der Waals surface area contributed by atoms with Crippen LogP contribution in [0.25, 0.3) is 0 Å². The fraction of sp³-hybridized carbons (Fsp3) is 0.462. The third-order valence-corrected chi connectivity index (χ3v) is 3.13. The minimum atomic E-state index is -0.334. The maximum absolute atomic E-state index is 11.8. The first kappa shape index (κ1) is 12.7. The molecule has 1 atom stereocenters. The van der Waals surface area contributed by atoms with Gasteiger partial charge in [-0.05, 0) is 37.0 Å². The third kappa shape index (κ3) is 3.13. The van der Waals surface area contributed by atoms with Crippen LogP contribution in [0.3, 0.4) is 0 Å². The molecule has 0 saturated carbocycles. The van der Waals surface area contributed by atoms with E-state index in [1.807, 2.05) is 12.1 Å². The second-order valence-electron chi connectivity index (χ2n) is 4.55. The van der Waals surface area contributed by atoms with Crippen molar-refractivity contribution in [3.8, 4) is 0 Å². The molecule has 5 nitrogen and oxygen atoms in total. The van der Waals surface area contributed by atoms with Crippen LogP contribution in [0.4, 0.5) is 10.5 Å². The average molecular weight is 249 g/mol. The second-order valence-corrected chi connectivity index (χ2v) is 4.55. The van der Waals surface area contributed by atoms with Gasteiger partial charge in [0.2, 0.25) is 0 Å². The van der Waals surface area contributed by atoms with Gasteiger partial charge in [0.15, 0.2) is 0 Å². The fourth-order valence-corrected chi connectivity index (χ4v) is 2.03. The van der Waals surface area contributed by atoms with Crippen LogP contribution in [0.5, 0.6) is 0 Å². The number of hydrogen-bond acceptors (Lipinski definition) is 4. The van der Waals surface area contributed by atoms with Crippen molar-refractivity contribution in [3.05, 3.63) is 29.8 Å². The number of rotatable bonds is 2. The molecule has 1 saturated heterocycles. The topological polar surface area (TPSA) is 81.6 Å². The molecule has 98 valence electrons. The first-order chi connectivity index (χ1) is 8.66. The van der Waals surface area contributed by atoms with Crippen molar-refractivity contribution in [2.45, 2.75) is 32.0 Å². The summed E-state index contributed by atoms with van der Waals surface area (Å²) in [6.07, 6.45) is 2.36. The summed E-state index contributed by atoms with van der Waals surface area (Å²) < 4.78 is 5.24. The maximum atomic E-state index is 11.8. The highest BCUT2D eigenvalue weighted by atomic mass is 16.6. The van der Waals surface area contributed by atoms with E-state index in [1.165, 1.54) is 0 Å². The number of benzene rings is 1. The molecule has 1 heterocycles. The van der Waals surface area contributed by atoms with E-state index in [0.29, 0.717) is 12.2 Å². The van der Waals surface area contributed by atoms with Gasteiger partial charge in [0.05, 0.1) is 6.17 Å². The molecule has 1 aliphatic rings. The highest BCUT2D eigenvalue weighted by Gasteiger charge is 2.24. The summed E-state index contributed by atoms with van der Waals surface area (Å²) in [6.45, 7) is 0.935. The standard InChI is InChI=1S/C13H19N3O2/c14-11-6-4-10(5-7-11)9-18-13(17)16-8-2-1-3-12(16)15/h4-7,12H,1-3,8-9,14-15H2. The van der Waals surface area contributed by atoms with Crippen LogP contribution < -0.4 is 11.5 Å². The molecular formula is C13H19N3O2. The smallest absolute Gasteiger partial charge is 0.411 e. The quantitative estimate of drug-likeness (QED) is 0.781. The maximum Gasteiger partial charge on any atom is 0.411 e. The highest BCUT2D eigenvalue weighted by Crippen LogP contribution is 2.15. The number of piperidine rings is 1. The number of anilines is 1. The predicted molar refractivity (Wildman–Crippen MR) is 69.6 cm³/mol. The van der Waals surface area contributed by atoms with Crippen LogP contribution in [0.2, 0.25) is 0 Å². The van der Waals surface area contributed by atoms with E-state index >= 15 is 0 Å². The average Bonchev–Trinajstić information content (AvgIpc) is 2.38. The molecular weight excluding hydrogens is 230 g/mol. The normalized spacial score (nSPS) is 19.6. The van der Waals surface area contributed by atoms with Crippen LogP contribution >= 0.6 is 0 Å². The molecule has 1 fully saturated rings. The van der Waals surface area contributed by atoms with Gasteiger partial charge >= 0.3 is 6.09 Å². The number of nitrogen functional groups attached to an aromatic ring is 1. The first-order valence-electron chi connectivity index (χ1n) is 6.20. The Balaban J connectivity index is 1.85. The van der Waals surface area contributed by atoms with E-state index in [9.17, 15) is 4.79 Å². The molecule has 4 N–H and O–H groups in total. The Morgan fingerprint density at radius 3 is 2.72 bits per heavy atom. The van der Waals surface area contributed by atoms with E-state index in [1.54, 1.807) is 17.0 Å². The van der Waals surface area contributed by atoms with Crippen LogP contribution in [0.15, 0.2) is 24.3 Å². The molecule has 1 unspecified atom stereocenters. The fourth-order valence-electron chi connectivity index (χ4n) is 2.03. The molecule has 0 spiro atoms. The molecule has 1 aromatic carbocycles. The molecule has 1 aliphatic heterocycles. The summed E-state index contributed by atoms with van der Waals surface area (Å²) in [6, 6.07) is 7.27. The molecule has 2 rings (SSSR count). The molecule has 1 aromatic rings. The summed E-state index contributed by atoms with van der Waals surface area (Å²) >= 11 is 0. The number of nitrogens with two attached hydrogens (primary N) is 2. The largest absolute Gasteiger partial charge is 0.445 e. The molecule has 0 aromatic heterocycles. The SMILES string of the molecule is Nc1ccc(COC(=O)N2CCCCC2N)cc1. The molecule has 0 radical (unpaired) electrons. The van der Waals surface area contributed by atoms with Crippen molar-refractivity contribution in [1.82, 2.24) is 4.90 Å². The zero-order valence-electron chi connectivity index (χ0n) is 10.3. The van der Waals surface area contributed by atoms with Crippen molar-refractivity contribution < 1.29 is 9.53 Å². The summed E-state index contributed by atoms with van der Waals surface area (Å²) in [5.41, 5.74) is 13.1. The van der Waals surface area contributed by atoms with Crippen LogP contribution in [0.1, 0.15) is 24.8 Å². The van der Waals surface area contributed by atoms with E-state index in [0.717, 1.165) is 24.8 Å². The van der Waals surface area contributed by atoms with Crippen molar-refractivity contribution in [2.24, 2.45) is 5.73 Å². The van der Waals surface area contributed by atoms with Crippen molar-refractivity contribution in [2.75, 3.05) is 12.3 Å². The number of carbonyl (C=O) groups excluding carboxylic acids is 1. The Labute approximate surface area is 107 Å². The number of ether oxygens (including phenoxy) is 1. The van der Waals surface area contributed by atoms with E-state index in [2.05, 4.69) is 0 Å². The lowest BCUT2D eigenvalue weighted by Gasteiger charge is -2.32. The van der Waals surface area contributed by atoms with Crippen LogP contribution in [0, 0.1) is 0 Å². The van der Waals surface area contributed by atoms with Gasteiger partial charge in [-0.2, -0.15) is 0 Å². The lowest BCUT2D eigenvalue weighted by Crippen LogP contribution is -2.48. The van der Waals surface area contributed by atoms with Gasteiger partial charge in [-0.25, -0.2) is 4.79 Å².